The van der Waals surface area contributed by atoms with Crippen LogP contribution in [0.5, 0.6) is 0 Å². The van der Waals surface area contributed by atoms with E-state index >= 15 is 0 Å². The number of carbonyl (C=O) groups excluding carboxylic acids is 1. The van der Waals surface area contributed by atoms with E-state index in [1.54, 1.807) is 0 Å². The Hall–Kier alpha value is -1.11. The average Bonchev–Trinajstić information content (AvgIpc) is 2.33. The summed E-state index contributed by atoms with van der Waals surface area (Å²) in [7, 11) is -3.99. The lowest BCUT2D eigenvalue weighted by molar-refractivity contribution is 0.0761. The fraction of sp³-hybridized carbons (Fsp3) is 0.417. The quantitative estimate of drug-likeness (QED) is 0.901. The van der Waals surface area contributed by atoms with Gasteiger partial charge in [-0.3, -0.25) is 4.79 Å². The van der Waals surface area contributed by atoms with E-state index in [9.17, 15) is 13.2 Å². The normalized spacial score (nSPS) is 11.4. The molecule has 0 heterocycles. The molecule has 7 heteroatoms. The number of sulfonamides is 1. The summed E-state index contributed by atoms with van der Waals surface area (Å²) in [5, 5.41) is 5.21. The maximum Gasteiger partial charge on any atom is 0.256 e. The van der Waals surface area contributed by atoms with Crippen molar-refractivity contribution in [2.24, 2.45) is 5.14 Å². The Balaban J connectivity index is 3.37. The number of rotatable bonds is 5. The number of hydrogen-bond acceptors (Lipinski definition) is 3. The summed E-state index contributed by atoms with van der Waals surface area (Å²) in [5.41, 5.74) is -0.0537. The zero-order valence-corrected chi connectivity index (χ0v) is 12.5. The van der Waals surface area contributed by atoms with Crippen molar-refractivity contribution in [1.29, 1.82) is 0 Å². The molecule has 1 rings (SSSR count). The lowest BCUT2D eigenvalue weighted by atomic mass is 10.2. The van der Waals surface area contributed by atoms with Gasteiger partial charge in [-0.15, -0.1) is 0 Å². The van der Waals surface area contributed by atoms with Gasteiger partial charge in [0.2, 0.25) is 10.0 Å². The van der Waals surface area contributed by atoms with E-state index in [2.05, 4.69) is 0 Å². The van der Waals surface area contributed by atoms with Gasteiger partial charge in [0.05, 0.1) is 15.5 Å². The molecule has 0 aliphatic carbocycles. The van der Waals surface area contributed by atoms with E-state index in [4.69, 9.17) is 16.7 Å². The first kappa shape index (κ1) is 15.9. The first-order valence-corrected chi connectivity index (χ1v) is 7.85. The minimum Gasteiger partial charge on any atom is -0.339 e. The van der Waals surface area contributed by atoms with Gasteiger partial charge in [0.1, 0.15) is 0 Å². The Morgan fingerprint density at radius 3 is 2.47 bits per heavy atom. The molecule has 0 fully saturated rings. The lowest BCUT2D eigenvalue weighted by Gasteiger charge is -2.21. The molecule has 0 bridgehead atoms. The Morgan fingerprint density at radius 2 is 2.00 bits per heavy atom. The Labute approximate surface area is 118 Å². The van der Waals surface area contributed by atoms with Crippen LogP contribution in [0.3, 0.4) is 0 Å². The highest BCUT2D eigenvalue weighted by atomic mass is 35.5. The standard InChI is InChI=1S/C12H17ClN2O3S/c1-3-8-15(4-2)12(16)11-9(13)6-5-7-10(11)19(14,17)18/h5-7H,3-4,8H2,1-2H3,(H2,14,17,18). The Kier molecular flexibility index (Phi) is 5.34. The third-order valence-corrected chi connectivity index (χ3v) is 3.93. The smallest absolute Gasteiger partial charge is 0.256 e. The van der Waals surface area contributed by atoms with Crippen molar-refractivity contribution < 1.29 is 13.2 Å². The minimum absolute atomic E-state index is 0.0537. The van der Waals surface area contributed by atoms with Gasteiger partial charge in [-0.1, -0.05) is 24.6 Å². The van der Waals surface area contributed by atoms with Crippen LogP contribution in [0.15, 0.2) is 23.1 Å². The second kappa shape index (κ2) is 6.36. The van der Waals surface area contributed by atoms with Crippen molar-refractivity contribution in [3.63, 3.8) is 0 Å². The van der Waals surface area contributed by atoms with Gasteiger partial charge in [0.25, 0.3) is 5.91 Å². The maximum absolute atomic E-state index is 12.4. The number of nitrogens with two attached hydrogens (primary N) is 1. The summed E-state index contributed by atoms with van der Waals surface area (Å²) in [6.45, 7) is 4.76. The summed E-state index contributed by atoms with van der Waals surface area (Å²) in [5.74, 6) is -0.418. The van der Waals surface area contributed by atoms with Crippen LogP contribution in [0.1, 0.15) is 30.6 Å². The largest absolute Gasteiger partial charge is 0.339 e. The van der Waals surface area contributed by atoms with Crippen molar-refractivity contribution in [2.75, 3.05) is 13.1 Å². The van der Waals surface area contributed by atoms with Gasteiger partial charge in [-0.2, -0.15) is 0 Å². The van der Waals surface area contributed by atoms with E-state index in [1.807, 2.05) is 13.8 Å². The molecule has 0 aliphatic heterocycles. The first-order chi connectivity index (χ1) is 8.82. The van der Waals surface area contributed by atoms with Crippen LogP contribution in [-0.2, 0) is 10.0 Å². The van der Waals surface area contributed by atoms with E-state index in [-0.39, 0.29) is 15.5 Å². The molecule has 5 nitrogen and oxygen atoms in total. The number of primary sulfonamides is 1. The monoisotopic (exact) mass is 304 g/mol. The molecule has 1 amide bonds. The molecule has 0 aliphatic rings. The van der Waals surface area contributed by atoms with Crippen molar-refractivity contribution >= 4 is 27.5 Å². The molecule has 0 saturated carbocycles. The topological polar surface area (TPSA) is 80.5 Å². The molecular weight excluding hydrogens is 288 g/mol. The van der Waals surface area contributed by atoms with Gasteiger partial charge in [0.15, 0.2) is 0 Å². The molecule has 19 heavy (non-hydrogen) atoms. The predicted molar refractivity (Wildman–Crippen MR) is 74.7 cm³/mol. The third kappa shape index (κ3) is 3.68. The number of halogens is 1. The summed E-state index contributed by atoms with van der Waals surface area (Å²) in [6, 6.07) is 4.21. The molecule has 0 spiro atoms. The van der Waals surface area contributed by atoms with Crippen molar-refractivity contribution in [3.8, 4) is 0 Å². The number of benzene rings is 1. The van der Waals surface area contributed by atoms with E-state index in [0.717, 1.165) is 6.42 Å². The third-order valence-electron chi connectivity index (χ3n) is 2.66. The van der Waals surface area contributed by atoms with E-state index < -0.39 is 15.9 Å². The number of carbonyl (C=O) groups is 1. The molecule has 2 N–H and O–H groups in total. The highest BCUT2D eigenvalue weighted by Crippen LogP contribution is 2.24. The molecule has 0 radical (unpaired) electrons. The first-order valence-electron chi connectivity index (χ1n) is 5.93. The van der Waals surface area contributed by atoms with Crippen LogP contribution in [0.25, 0.3) is 0 Å². The highest BCUT2D eigenvalue weighted by molar-refractivity contribution is 7.89. The van der Waals surface area contributed by atoms with E-state index in [0.29, 0.717) is 13.1 Å². The van der Waals surface area contributed by atoms with Crippen molar-refractivity contribution in [1.82, 2.24) is 4.90 Å². The minimum atomic E-state index is -3.99. The molecule has 0 unspecified atom stereocenters. The lowest BCUT2D eigenvalue weighted by Crippen LogP contribution is -2.33. The Bertz CT molecular complexity index is 572. The van der Waals surface area contributed by atoms with Gasteiger partial charge < -0.3 is 4.90 Å². The molecule has 0 atom stereocenters. The maximum atomic E-state index is 12.4. The van der Waals surface area contributed by atoms with Crippen LogP contribution in [0.4, 0.5) is 0 Å². The molecule has 1 aromatic carbocycles. The number of hydrogen-bond donors (Lipinski definition) is 1. The molecule has 0 saturated heterocycles. The second-order valence-electron chi connectivity index (χ2n) is 4.04. The van der Waals surface area contributed by atoms with Crippen molar-refractivity contribution in [2.45, 2.75) is 25.2 Å². The van der Waals surface area contributed by atoms with Crippen LogP contribution in [0.2, 0.25) is 5.02 Å². The fourth-order valence-corrected chi connectivity index (χ4v) is 2.84. The predicted octanol–water partition coefficient (Wildman–Crippen LogP) is 1.86. The molecular formula is C12H17ClN2O3S. The average molecular weight is 305 g/mol. The van der Waals surface area contributed by atoms with Gasteiger partial charge >= 0.3 is 0 Å². The second-order valence-corrected chi connectivity index (χ2v) is 5.98. The molecule has 1 aromatic rings. The summed E-state index contributed by atoms with van der Waals surface area (Å²) < 4.78 is 23.1. The summed E-state index contributed by atoms with van der Waals surface area (Å²) in [4.78, 5) is 13.7. The zero-order valence-electron chi connectivity index (χ0n) is 10.9. The van der Waals surface area contributed by atoms with Crippen LogP contribution < -0.4 is 5.14 Å². The van der Waals surface area contributed by atoms with Crippen LogP contribution >= 0.6 is 11.6 Å². The van der Waals surface area contributed by atoms with Crippen LogP contribution in [-0.4, -0.2) is 32.3 Å². The fourth-order valence-electron chi connectivity index (χ4n) is 1.78. The highest BCUT2D eigenvalue weighted by Gasteiger charge is 2.25. The van der Waals surface area contributed by atoms with Crippen molar-refractivity contribution in [3.05, 3.63) is 28.8 Å². The summed E-state index contributed by atoms with van der Waals surface area (Å²) in [6.07, 6.45) is 0.773. The Morgan fingerprint density at radius 1 is 1.37 bits per heavy atom. The molecule has 106 valence electrons. The van der Waals surface area contributed by atoms with Gasteiger partial charge in [-0.25, -0.2) is 13.6 Å². The van der Waals surface area contributed by atoms with Gasteiger partial charge in [0, 0.05) is 13.1 Å². The van der Waals surface area contributed by atoms with Gasteiger partial charge in [-0.05, 0) is 25.5 Å². The van der Waals surface area contributed by atoms with E-state index in [1.165, 1.54) is 23.1 Å². The van der Waals surface area contributed by atoms with Crippen LogP contribution in [0, 0.1) is 0 Å². The number of amides is 1. The number of nitrogens with zero attached hydrogens (tertiary/aromatic N) is 1. The summed E-state index contributed by atoms with van der Waals surface area (Å²) >= 11 is 5.96. The molecule has 0 aromatic heterocycles. The SMILES string of the molecule is CCCN(CC)C(=O)c1c(Cl)cccc1S(N)(=O)=O. The zero-order chi connectivity index (χ0) is 14.6.